The van der Waals surface area contributed by atoms with Crippen LogP contribution >= 0.6 is 11.3 Å². The van der Waals surface area contributed by atoms with E-state index in [0.29, 0.717) is 0 Å². The molecule has 0 unspecified atom stereocenters. The summed E-state index contributed by atoms with van der Waals surface area (Å²) in [7, 11) is -0.442. The van der Waals surface area contributed by atoms with E-state index in [1.807, 2.05) is 11.3 Å². The van der Waals surface area contributed by atoms with Gasteiger partial charge in [-0.15, -0.1) is 11.3 Å². The minimum atomic E-state index is -0.442. The van der Waals surface area contributed by atoms with E-state index in [1.54, 1.807) is 0 Å². The number of thiophene rings is 1. The smallest absolute Gasteiger partial charge is 0.399 e. The first-order valence-electron chi connectivity index (χ1n) is 19.7. The summed E-state index contributed by atoms with van der Waals surface area (Å²) >= 11 is 1.87. The first-order valence-corrected chi connectivity index (χ1v) is 20.5. The maximum Gasteiger partial charge on any atom is 0.494 e. The molecule has 1 aliphatic rings. The highest BCUT2D eigenvalue weighted by atomic mass is 32.1. The molecule has 9 aromatic rings. The third kappa shape index (κ3) is 6.33. The molecule has 0 aliphatic carbocycles. The first kappa shape index (κ1) is 35.4. The zero-order valence-electron chi connectivity index (χ0n) is 32.6. The lowest BCUT2D eigenvalue weighted by Crippen LogP contribution is -2.41. The van der Waals surface area contributed by atoms with E-state index in [4.69, 9.17) is 9.31 Å². The van der Waals surface area contributed by atoms with Crippen molar-refractivity contribution < 1.29 is 9.31 Å². The number of hydrogen-bond acceptors (Lipinski definition) is 4. The van der Waals surface area contributed by atoms with E-state index in [9.17, 15) is 0 Å². The van der Waals surface area contributed by atoms with Crippen LogP contribution in [-0.4, -0.2) is 18.3 Å². The van der Waals surface area contributed by atoms with Gasteiger partial charge in [-0.2, -0.15) is 0 Å². The molecule has 0 amide bonds. The zero-order chi connectivity index (χ0) is 38.7. The van der Waals surface area contributed by atoms with E-state index in [-0.39, 0.29) is 0 Å². The molecule has 0 radical (unpaired) electrons. The van der Waals surface area contributed by atoms with Gasteiger partial charge in [-0.1, -0.05) is 140 Å². The zero-order valence-corrected chi connectivity index (χ0v) is 33.4. The summed E-state index contributed by atoms with van der Waals surface area (Å²) in [6.07, 6.45) is 0. The summed E-state index contributed by atoms with van der Waals surface area (Å²) in [5, 5.41) is 4.90. The fraction of sp³-hybridized carbons (Fsp3) is 0.115. The average molecular weight is 756 g/mol. The van der Waals surface area contributed by atoms with Crippen LogP contribution < -0.4 is 10.4 Å². The standard InChI is InChI=1S/C52H42BNO2S/c1-51(2)52(3,4)56-53(55-51)40-30-39-18-11-12-23-44(39)46(32-40)36-26-28-37(29-27-36)47-33-43(34-48-45-24-13-14-25-49(45)57-50(47)48)54(41-20-9-6-10-21-41)42-22-15-19-38(31-42)35-16-7-5-8-17-35/h5-34H,1-4H3. The molecule has 10 rings (SSSR count). The molecule has 0 atom stereocenters. The van der Waals surface area contributed by atoms with Crippen LogP contribution in [0.2, 0.25) is 0 Å². The Labute approximate surface area is 338 Å². The van der Waals surface area contributed by atoms with Crippen LogP contribution in [0.25, 0.3) is 64.3 Å². The highest BCUT2D eigenvalue weighted by Gasteiger charge is 2.51. The lowest BCUT2D eigenvalue weighted by atomic mass is 9.76. The molecular weight excluding hydrogens is 713 g/mol. The maximum atomic E-state index is 6.53. The summed E-state index contributed by atoms with van der Waals surface area (Å²) < 4.78 is 15.6. The highest BCUT2D eigenvalue weighted by Crippen LogP contribution is 2.46. The van der Waals surface area contributed by atoms with Crippen molar-refractivity contribution in [1.29, 1.82) is 0 Å². The van der Waals surface area contributed by atoms with Gasteiger partial charge in [-0.25, -0.2) is 0 Å². The molecule has 5 heteroatoms. The molecule has 1 aliphatic heterocycles. The lowest BCUT2D eigenvalue weighted by Gasteiger charge is -2.32. The van der Waals surface area contributed by atoms with Crippen LogP contribution in [0.15, 0.2) is 182 Å². The van der Waals surface area contributed by atoms with E-state index in [0.717, 1.165) is 28.1 Å². The summed E-state index contributed by atoms with van der Waals surface area (Å²) in [6, 6.07) is 65.9. The van der Waals surface area contributed by atoms with Crippen LogP contribution in [0, 0.1) is 0 Å². The molecule has 0 bridgehead atoms. The van der Waals surface area contributed by atoms with E-state index in [1.165, 1.54) is 58.8 Å². The van der Waals surface area contributed by atoms with Crippen molar-refractivity contribution in [2.75, 3.05) is 4.90 Å². The predicted octanol–water partition coefficient (Wildman–Crippen LogP) is 14.0. The Kier molecular flexibility index (Phi) is 8.64. The summed E-state index contributed by atoms with van der Waals surface area (Å²) in [6.45, 7) is 8.43. The molecule has 1 fully saturated rings. The third-order valence-corrected chi connectivity index (χ3v) is 13.1. The van der Waals surface area contributed by atoms with Crippen LogP contribution in [-0.2, 0) is 9.31 Å². The molecule has 0 N–H and O–H groups in total. The van der Waals surface area contributed by atoms with Gasteiger partial charge >= 0.3 is 7.12 Å². The Morgan fingerprint density at radius 1 is 0.439 bits per heavy atom. The Morgan fingerprint density at radius 3 is 1.77 bits per heavy atom. The number of para-hydroxylation sites is 1. The highest BCUT2D eigenvalue weighted by molar-refractivity contribution is 7.26. The molecule has 1 saturated heterocycles. The Hall–Kier alpha value is -5.98. The first-order chi connectivity index (χ1) is 27.7. The van der Waals surface area contributed by atoms with Crippen LogP contribution in [0.1, 0.15) is 27.7 Å². The minimum Gasteiger partial charge on any atom is -0.399 e. The summed E-state index contributed by atoms with van der Waals surface area (Å²) in [4.78, 5) is 2.39. The molecular formula is C52H42BNO2S. The monoisotopic (exact) mass is 755 g/mol. The van der Waals surface area contributed by atoms with E-state index < -0.39 is 18.3 Å². The van der Waals surface area contributed by atoms with Gasteiger partial charge in [0.25, 0.3) is 0 Å². The van der Waals surface area contributed by atoms with Crippen LogP contribution in [0.5, 0.6) is 0 Å². The quantitative estimate of drug-likeness (QED) is 0.151. The second-order valence-corrected chi connectivity index (χ2v) is 17.1. The van der Waals surface area contributed by atoms with Crippen molar-refractivity contribution >= 4 is 71.9 Å². The fourth-order valence-corrected chi connectivity index (χ4v) is 9.37. The van der Waals surface area contributed by atoms with Crippen molar-refractivity contribution in [3.05, 3.63) is 182 Å². The number of nitrogens with zero attached hydrogens (tertiary/aromatic N) is 1. The molecule has 0 saturated carbocycles. The Bertz CT molecular complexity index is 2900. The molecule has 1 aromatic heterocycles. The minimum absolute atomic E-state index is 0.418. The topological polar surface area (TPSA) is 21.7 Å². The largest absolute Gasteiger partial charge is 0.494 e. The van der Waals surface area contributed by atoms with Crippen molar-refractivity contribution in [3.63, 3.8) is 0 Å². The van der Waals surface area contributed by atoms with Gasteiger partial charge in [0.1, 0.15) is 0 Å². The fourth-order valence-electron chi connectivity index (χ4n) is 8.15. The SMILES string of the molecule is CC1(C)OB(c2cc(-c3ccc(-c4cc(N(c5ccccc5)c5cccc(-c6ccccc6)c5)cc5c4sc4ccccc45)cc3)c3ccccc3c2)OC1(C)C. The van der Waals surface area contributed by atoms with Gasteiger partial charge in [0.05, 0.1) is 11.2 Å². The number of hydrogen-bond donors (Lipinski definition) is 0. The third-order valence-electron chi connectivity index (χ3n) is 11.9. The van der Waals surface area contributed by atoms with Crippen molar-refractivity contribution in [3.8, 4) is 33.4 Å². The summed E-state index contributed by atoms with van der Waals surface area (Å²) in [5.41, 5.74) is 10.6. The Balaban J connectivity index is 1.12. The average Bonchev–Trinajstić information content (AvgIpc) is 3.73. The molecule has 8 aromatic carbocycles. The number of rotatable bonds is 7. The molecule has 57 heavy (non-hydrogen) atoms. The number of fused-ring (bicyclic) bond motifs is 4. The molecule has 276 valence electrons. The maximum absolute atomic E-state index is 6.53. The predicted molar refractivity (Wildman–Crippen MR) is 244 cm³/mol. The van der Waals surface area contributed by atoms with Crippen molar-refractivity contribution in [2.24, 2.45) is 0 Å². The van der Waals surface area contributed by atoms with Gasteiger partial charge in [-0.3, -0.25) is 0 Å². The van der Waals surface area contributed by atoms with Gasteiger partial charge in [0.2, 0.25) is 0 Å². The van der Waals surface area contributed by atoms with Crippen molar-refractivity contribution in [1.82, 2.24) is 0 Å². The van der Waals surface area contributed by atoms with Gasteiger partial charge in [-0.05, 0) is 114 Å². The van der Waals surface area contributed by atoms with E-state index in [2.05, 4.69) is 215 Å². The molecule has 2 heterocycles. The normalized spacial score (nSPS) is 14.8. The number of benzene rings is 8. The van der Waals surface area contributed by atoms with Gasteiger partial charge < -0.3 is 14.2 Å². The lowest BCUT2D eigenvalue weighted by molar-refractivity contribution is 0.00578. The second-order valence-electron chi connectivity index (χ2n) is 16.0. The molecule has 3 nitrogen and oxygen atoms in total. The van der Waals surface area contributed by atoms with Gasteiger partial charge in [0, 0.05) is 42.8 Å². The van der Waals surface area contributed by atoms with Crippen molar-refractivity contribution in [2.45, 2.75) is 38.9 Å². The summed E-state index contributed by atoms with van der Waals surface area (Å²) in [5.74, 6) is 0. The van der Waals surface area contributed by atoms with Crippen LogP contribution in [0.4, 0.5) is 17.1 Å². The van der Waals surface area contributed by atoms with Gasteiger partial charge in [0.15, 0.2) is 0 Å². The van der Waals surface area contributed by atoms with E-state index >= 15 is 0 Å². The Morgan fingerprint density at radius 2 is 1.04 bits per heavy atom. The second kappa shape index (κ2) is 13.9. The van der Waals surface area contributed by atoms with Crippen LogP contribution in [0.3, 0.4) is 0 Å². The molecule has 0 spiro atoms. The number of anilines is 3.